The van der Waals surface area contributed by atoms with E-state index in [0.29, 0.717) is 12.1 Å². The number of carbonyl (C=O) groups excluding carboxylic acids is 2. The third-order valence-corrected chi connectivity index (χ3v) is 3.90. The Morgan fingerprint density at radius 1 is 1.32 bits per heavy atom. The number of amides is 2. The van der Waals surface area contributed by atoms with Crippen molar-refractivity contribution in [1.29, 1.82) is 0 Å². The van der Waals surface area contributed by atoms with Gasteiger partial charge in [-0.3, -0.25) is 9.69 Å². The molecule has 1 unspecified atom stereocenters. The molecule has 6 heteroatoms. The summed E-state index contributed by atoms with van der Waals surface area (Å²) in [6, 6.07) is 5.36. The second-order valence-electron chi connectivity index (χ2n) is 7.61. The topological polar surface area (TPSA) is 62.2 Å². The Kier molecular flexibility index (Phi) is 5.50. The minimum Gasteiger partial charge on any atom is -0.443 e. The predicted octanol–water partition coefficient (Wildman–Crippen LogP) is 3.67. The molecule has 1 aliphatic heterocycles. The Morgan fingerprint density at radius 3 is 2.60 bits per heavy atom. The highest BCUT2D eigenvalue weighted by molar-refractivity contribution is 6.00. The number of aliphatic imine (C=N–C) groups is 1. The number of carbonyl (C=O) groups is 2. The molecule has 1 atom stereocenters. The van der Waals surface area contributed by atoms with Gasteiger partial charge < -0.3 is 9.64 Å². The first-order chi connectivity index (χ1) is 11.6. The average Bonchev–Trinajstić information content (AvgIpc) is 2.51. The molecule has 0 aromatic heterocycles. The van der Waals surface area contributed by atoms with E-state index in [0.717, 1.165) is 17.7 Å². The van der Waals surface area contributed by atoms with E-state index < -0.39 is 5.60 Å². The molecular formula is C19H27N3O3. The maximum Gasteiger partial charge on any atom is 0.414 e. The van der Waals surface area contributed by atoms with Gasteiger partial charge in [0, 0.05) is 26.2 Å². The van der Waals surface area contributed by atoms with E-state index in [9.17, 15) is 9.59 Å². The van der Waals surface area contributed by atoms with Gasteiger partial charge in [0.25, 0.3) is 5.91 Å². The molecular weight excluding hydrogens is 318 g/mol. The summed E-state index contributed by atoms with van der Waals surface area (Å²) in [6.45, 7) is 8.26. The summed E-state index contributed by atoms with van der Waals surface area (Å²) >= 11 is 0. The highest BCUT2D eigenvalue weighted by Gasteiger charge is 2.30. The second kappa shape index (κ2) is 7.25. The van der Waals surface area contributed by atoms with Crippen molar-refractivity contribution in [3.8, 4) is 0 Å². The van der Waals surface area contributed by atoms with Crippen molar-refractivity contribution in [2.24, 2.45) is 4.99 Å². The molecule has 0 N–H and O–H groups in total. The van der Waals surface area contributed by atoms with Gasteiger partial charge in [-0.2, -0.15) is 4.99 Å². The van der Waals surface area contributed by atoms with E-state index in [2.05, 4.69) is 11.9 Å². The van der Waals surface area contributed by atoms with Gasteiger partial charge >= 0.3 is 6.09 Å². The molecule has 1 aromatic rings. The first-order valence-corrected chi connectivity index (χ1v) is 8.48. The highest BCUT2D eigenvalue weighted by Crippen LogP contribution is 2.36. The molecule has 0 saturated carbocycles. The Bertz CT molecular complexity index is 690. The molecule has 1 aromatic carbocycles. The van der Waals surface area contributed by atoms with Gasteiger partial charge in [0.05, 0.1) is 12.0 Å². The Balaban J connectivity index is 2.31. The SMILES string of the molecule is CC1CCN(C(=O)OC(C)(C)C)c2ccc(C(=O)N=CN(C)C)cc21. The minimum atomic E-state index is -0.545. The number of nitrogens with zero attached hydrogens (tertiary/aromatic N) is 3. The lowest BCUT2D eigenvalue weighted by Gasteiger charge is -2.34. The summed E-state index contributed by atoms with van der Waals surface area (Å²) in [4.78, 5) is 32.0. The van der Waals surface area contributed by atoms with Crippen molar-refractivity contribution >= 4 is 24.0 Å². The first-order valence-electron chi connectivity index (χ1n) is 8.48. The number of hydrogen-bond donors (Lipinski definition) is 0. The normalized spacial score (nSPS) is 17.4. The standard InChI is InChI=1S/C19H27N3O3/c1-13-9-10-22(18(24)25-19(2,3)4)16-8-7-14(11-15(13)16)17(23)20-12-21(5)6/h7-8,11-13H,9-10H2,1-6H3. The lowest BCUT2D eigenvalue weighted by atomic mass is 9.90. The van der Waals surface area contributed by atoms with Crippen LogP contribution in [0.15, 0.2) is 23.2 Å². The molecule has 136 valence electrons. The van der Waals surface area contributed by atoms with Crippen molar-refractivity contribution in [2.75, 3.05) is 25.5 Å². The van der Waals surface area contributed by atoms with Crippen LogP contribution in [0, 0.1) is 0 Å². The maximum atomic E-state index is 12.5. The zero-order chi connectivity index (χ0) is 18.8. The minimum absolute atomic E-state index is 0.263. The van der Waals surface area contributed by atoms with Crippen molar-refractivity contribution < 1.29 is 14.3 Å². The average molecular weight is 345 g/mol. The number of anilines is 1. The second-order valence-corrected chi connectivity index (χ2v) is 7.61. The Hall–Kier alpha value is -2.37. The molecule has 25 heavy (non-hydrogen) atoms. The smallest absolute Gasteiger partial charge is 0.414 e. The van der Waals surface area contributed by atoms with Crippen LogP contribution >= 0.6 is 0 Å². The maximum absolute atomic E-state index is 12.5. The van der Waals surface area contributed by atoms with Crippen LogP contribution < -0.4 is 4.90 Å². The summed E-state index contributed by atoms with van der Waals surface area (Å²) in [5.41, 5.74) is 1.76. The van der Waals surface area contributed by atoms with E-state index in [1.807, 2.05) is 47.0 Å². The van der Waals surface area contributed by atoms with Crippen molar-refractivity contribution in [3.05, 3.63) is 29.3 Å². The first kappa shape index (κ1) is 19.0. The molecule has 0 aliphatic carbocycles. The Morgan fingerprint density at radius 2 is 2.00 bits per heavy atom. The number of benzene rings is 1. The molecule has 0 spiro atoms. The van der Waals surface area contributed by atoms with Crippen molar-refractivity contribution in [1.82, 2.24) is 4.90 Å². The van der Waals surface area contributed by atoms with Gasteiger partial charge in [0.2, 0.25) is 0 Å². The Labute approximate surface area is 149 Å². The number of ether oxygens (including phenoxy) is 1. The van der Waals surface area contributed by atoms with E-state index in [4.69, 9.17) is 4.74 Å². The van der Waals surface area contributed by atoms with Crippen LogP contribution in [0.1, 0.15) is 56.0 Å². The summed E-state index contributed by atoms with van der Waals surface area (Å²) in [6.07, 6.45) is 1.95. The van der Waals surface area contributed by atoms with E-state index >= 15 is 0 Å². The molecule has 0 radical (unpaired) electrons. The fourth-order valence-corrected chi connectivity index (χ4v) is 2.68. The molecule has 1 heterocycles. The zero-order valence-corrected chi connectivity index (χ0v) is 15.9. The lowest BCUT2D eigenvalue weighted by molar-refractivity contribution is 0.0577. The van der Waals surface area contributed by atoms with Crippen LogP contribution in [0.3, 0.4) is 0 Å². The summed E-state index contributed by atoms with van der Waals surface area (Å²) in [5.74, 6) is -0.0302. The predicted molar refractivity (Wildman–Crippen MR) is 99.6 cm³/mol. The quantitative estimate of drug-likeness (QED) is 0.606. The zero-order valence-electron chi connectivity index (χ0n) is 15.9. The van der Waals surface area contributed by atoms with Crippen molar-refractivity contribution in [3.63, 3.8) is 0 Å². The molecule has 1 aliphatic rings. The molecule has 0 fully saturated rings. The molecule has 2 rings (SSSR count). The van der Waals surface area contributed by atoms with Crippen LogP contribution in [0.4, 0.5) is 10.5 Å². The van der Waals surface area contributed by atoms with Crippen LogP contribution in [-0.4, -0.2) is 49.5 Å². The fourth-order valence-electron chi connectivity index (χ4n) is 2.68. The molecule has 2 amide bonds. The summed E-state index contributed by atoms with van der Waals surface area (Å²) in [5, 5.41) is 0. The fraction of sp³-hybridized carbons (Fsp3) is 0.526. The van der Waals surface area contributed by atoms with Gasteiger partial charge in [0.1, 0.15) is 5.60 Å². The van der Waals surface area contributed by atoms with Gasteiger partial charge in [-0.1, -0.05) is 6.92 Å². The number of hydrogen-bond acceptors (Lipinski definition) is 3. The van der Waals surface area contributed by atoms with Crippen LogP contribution in [0.2, 0.25) is 0 Å². The largest absolute Gasteiger partial charge is 0.443 e. The van der Waals surface area contributed by atoms with E-state index in [-0.39, 0.29) is 17.9 Å². The van der Waals surface area contributed by atoms with Gasteiger partial charge in [-0.15, -0.1) is 0 Å². The van der Waals surface area contributed by atoms with Crippen LogP contribution in [0.25, 0.3) is 0 Å². The van der Waals surface area contributed by atoms with Crippen LogP contribution in [-0.2, 0) is 4.74 Å². The summed E-state index contributed by atoms with van der Waals surface area (Å²) in [7, 11) is 3.62. The van der Waals surface area contributed by atoms with Gasteiger partial charge in [-0.25, -0.2) is 4.79 Å². The molecule has 0 bridgehead atoms. The molecule has 6 nitrogen and oxygen atoms in total. The summed E-state index contributed by atoms with van der Waals surface area (Å²) < 4.78 is 5.50. The third-order valence-electron chi connectivity index (χ3n) is 3.90. The van der Waals surface area contributed by atoms with Gasteiger partial charge in [0.15, 0.2) is 0 Å². The molecule has 0 saturated heterocycles. The monoisotopic (exact) mass is 345 g/mol. The number of fused-ring (bicyclic) bond motifs is 1. The lowest BCUT2D eigenvalue weighted by Crippen LogP contribution is -2.40. The van der Waals surface area contributed by atoms with Gasteiger partial charge in [-0.05, 0) is 56.9 Å². The number of rotatable bonds is 2. The van der Waals surface area contributed by atoms with E-state index in [1.54, 1.807) is 15.9 Å². The highest BCUT2D eigenvalue weighted by atomic mass is 16.6. The third kappa shape index (κ3) is 4.81. The van der Waals surface area contributed by atoms with Crippen molar-refractivity contribution in [2.45, 2.75) is 45.6 Å². The van der Waals surface area contributed by atoms with Crippen LogP contribution in [0.5, 0.6) is 0 Å². The van der Waals surface area contributed by atoms with E-state index in [1.165, 1.54) is 6.34 Å².